The van der Waals surface area contributed by atoms with Gasteiger partial charge in [0.15, 0.2) is 10.4 Å². The van der Waals surface area contributed by atoms with Gasteiger partial charge in [0.2, 0.25) is 0 Å². The summed E-state index contributed by atoms with van der Waals surface area (Å²) in [6.45, 7) is 0. The topological polar surface area (TPSA) is 72.5 Å². The largest absolute Gasteiger partial charge is 0.444 e. The first kappa shape index (κ1) is 16.4. The summed E-state index contributed by atoms with van der Waals surface area (Å²) in [6, 6.07) is 19.3. The number of fused-ring (bicyclic) bond motifs is 1. The Morgan fingerprint density at radius 3 is 2.58 bits per heavy atom. The summed E-state index contributed by atoms with van der Waals surface area (Å²) in [7, 11) is 0. The maximum Gasteiger partial charge on any atom is 0.344 e. The average molecular weight is 410 g/mol. The number of rotatable bonds is 3. The van der Waals surface area contributed by atoms with Crippen LogP contribution >= 0.6 is 15.9 Å². The van der Waals surface area contributed by atoms with Crippen molar-refractivity contribution in [2.24, 2.45) is 0 Å². The number of hydrogen-bond acceptors (Lipinski definition) is 4. The van der Waals surface area contributed by atoms with Crippen molar-refractivity contribution in [1.29, 1.82) is 0 Å². The number of para-hydroxylation sites is 1. The van der Waals surface area contributed by atoms with Gasteiger partial charge in [0.1, 0.15) is 5.58 Å². The maximum atomic E-state index is 12.3. The summed E-state index contributed by atoms with van der Waals surface area (Å²) in [5, 5.41) is 3.58. The summed E-state index contributed by atoms with van der Waals surface area (Å²) < 4.78 is 11.1. The number of carbonyl (C=O) groups excluding carboxylic acids is 1. The van der Waals surface area contributed by atoms with Crippen molar-refractivity contribution in [3.63, 3.8) is 0 Å². The molecule has 0 fully saturated rings. The van der Waals surface area contributed by atoms with Crippen LogP contribution in [0.25, 0.3) is 22.1 Å². The fraction of sp³-hybridized carbons (Fsp3) is 0. The Hall–Kier alpha value is -3.12. The van der Waals surface area contributed by atoms with E-state index in [4.69, 9.17) is 8.83 Å². The molecule has 2 aromatic heterocycles. The standard InChI is InChI=1S/C20H12BrNO4/c21-18-9-8-17(25-18)19(23)22-14-6-3-5-12(10-14)15-11-13-4-1-2-7-16(13)26-20(15)24/h1-11H,(H,22,23). The predicted octanol–water partition coefficient (Wildman–Crippen LogP) is 5.07. The number of benzene rings is 2. The van der Waals surface area contributed by atoms with Crippen LogP contribution in [0, 0.1) is 0 Å². The highest BCUT2D eigenvalue weighted by Gasteiger charge is 2.12. The molecular weight excluding hydrogens is 398 g/mol. The molecule has 0 radical (unpaired) electrons. The molecule has 0 saturated carbocycles. The van der Waals surface area contributed by atoms with Gasteiger partial charge < -0.3 is 14.2 Å². The second-order valence-electron chi connectivity index (χ2n) is 5.62. The third kappa shape index (κ3) is 3.19. The molecule has 5 nitrogen and oxygen atoms in total. The summed E-state index contributed by atoms with van der Waals surface area (Å²) >= 11 is 3.16. The second kappa shape index (κ2) is 6.65. The lowest BCUT2D eigenvalue weighted by Gasteiger charge is -2.07. The Bertz CT molecular complexity index is 1180. The summed E-state index contributed by atoms with van der Waals surface area (Å²) in [4.78, 5) is 24.5. The van der Waals surface area contributed by atoms with E-state index in [0.717, 1.165) is 5.39 Å². The quantitative estimate of drug-likeness (QED) is 0.479. The van der Waals surface area contributed by atoms with Crippen LogP contribution < -0.4 is 10.9 Å². The van der Waals surface area contributed by atoms with E-state index in [1.165, 1.54) is 0 Å². The molecule has 0 atom stereocenters. The van der Waals surface area contributed by atoms with Gasteiger partial charge >= 0.3 is 5.63 Å². The average Bonchev–Trinajstić information content (AvgIpc) is 3.08. The van der Waals surface area contributed by atoms with Crippen molar-refractivity contribution in [2.75, 3.05) is 5.32 Å². The van der Waals surface area contributed by atoms with E-state index in [-0.39, 0.29) is 11.7 Å². The number of amides is 1. The Balaban J connectivity index is 1.69. The molecule has 0 bridgehead atoms. The van der Waals surface area contributed by atoms with E-state index in [0.29, 0.717) is 27.1 Å². The van der Waals surface area contributed by atoms with Gasteiger partial charge in [0, 0.05) is 11.1 Å². The molecular formula is C20H12BrNO4. The van der Waals surface area contributed by atoms with Crippen molar-refractivity contribution >= 4 is 38.5 Å². The second-order valence-corrected chi connectivity index (χ2v) is 6.41. The van der Waals surface area contributed by atoms with E-state index in [1.807, 2.05) is 18.2 Å². The Kier molecular flexibility index (Phi) is 4.18. The lowest BCUT2D eigenvalue weighted by atomic mass is 10.1. The van der Waals surface area contributed by atoms with Crippen LogP contribution in [0.1, 0.15) is 10.6 Å². The van der Waals surface area contributed by atoms with Crippen LogP contribution in [0.4, 0.5) is 5.69 Å². The first-order valence-corrected chi connectivity index (χ1v) is 8.59. The number of hydrogen-bond donors (Lipinski definition) is 1. The fourth-order valence-electron chi connectivity index (χ4n) is 2.66. The van der Waals surface area contributed by atoms with Gasteiger partial charge in [-0.3, -0.25) is 4.79 Å². The molecule has 0 saturated heterocycles. The molecule has 4 rings (SSSR count). The molecule has 1 amide bonds. The molecule has 0 spiro atoms. The molecule has 0 aliphatic heterocycles. The lowest BCUT2D eigenvalue weighted by Crippen LogP contribution is -2.11. The minimum Gasteiger partial charge on any atom is -0.444 e. The Morgan fingerprint density at radius 2 is 1.77 bits per heavy atom. The highest BCUT2D eigenvalue weighted by Crippen LogP contribution is 2.24. The van der Waals surface area contributed by atoms with Crippen molar-refractivity contribution in [2.45, 2.75) is 0 Å². The van der Waals surface area contributed by atoms with E-state index < -0.39 is 5.63 Å². The molecule has 4 aromatic rings. The highest BCUT2D eigenvalue weighted by molar-refractivity contribution is 9.10. The first-order chi connectivity index (χ1) is 12.6. The molecule has 26 heavy (non-hydrogen) atoms. The molecule has 2 aromatic carbocycles. The first-order valence-electron chi connectivity index (χ1n) is 7.80. The van der Waals surface area contributed by atoms with Crippen LogP contribution in [0.15, 0.2) is 85.0 Å². The van der Waals surface area contributed by atoms with Crippen molar-refractivity contribution < 1.29 is 13.6 Å². The normalized spacial score (nSPS) is 10.8. The number of halogens is 1. The zero-order valence-electron chi connectivity index (χ0n) is 13.4. The summed E-state index contributed by atoms with van der Waals surface area (Å²) in [6.07, 6.45) is 0. The molecule has 128 valence electrons. The number of anilines is 1. The predicted molar refractivity (Wildman–Crippen MR) is 102 cm³/mol. The smallest absolute Gasteiger partial charge is 0.344 e. The summed E-state index contributed by atoms with van der Waals surface area (Å²) in [5.41, 5.74) is 1.74. The van der Waals surface area contributed by atoms with Crippen molar-refractivity contribution in [3.8, 4) is 11.1 Å². The minimum atomic E-state index is -0.429. The summed E-state index contributed by atoms with van der Waals surface area (Å²) in [5.74, 6) is -0.189. The molecule has 0 unspecified atom stereocenters. The molecule has 6 heteroatoms. The monoisotopic (exact) mass is 409 g/mol. The third-order valence-corrected chi connectivity index (χ3v) is 4.30. The van der Waals surface area contributed by atoms with Crippen LogP contribution in [-0.4, -0.2) is 5.91 Å². The molecule has 2 heterocycles. The van der Waals surface area contributed by atoms with Gasteiger partial charge in [-0.1, -0.05) is 30.3 Å². The van der Waals surface area contributed by atoms with Gasteiger partial charge in [-0.25, -0.2) is 4.79 Å². The van der Waals surface area contributed by atoms with Crippen molar-refractivity contribution in [1.82, 2.24) is 0 Å². The van der Waals surface area contributed by atoms with Gasteiger partial charge in [-0.2, -0.15) is 0 Å². The van der Waals surface area contributed by atoms with Gasteiger partial charge in [-0.05, 0) is 57.9 Å². The van der Waals surface area contributed by atoms with E-state index in [1.54, 1.807) is 48.5 Å². The van der Waals surface area contributed by atoms with Crippen LogP contribution in [-0.2, 0) is 0 Å². The molecule has 0 aliphatic carbocycles. The third-order valence-electron chi connectivity index (χ3n) is 3.87. The van der Waals surface area contributed by atoms with Crippen LogP contribution in [0.2, 0.25) is 0 Å². The minimum absolute atomic E-state index is 0.187. The van der Waals surface area contributed by atoms with E-state index in [9.17, 15) is 9.59 Å². The zero-order chi connectivity index (χ0) is 18.1. The van der Waals surface area contributed by atoms with Crippen molar-refractivity contribution in [3.05, 3.63) is 87.6 Å². The van der Waals surface area contributed by atoms with Gasteiger partial charge in [0.05, 0.1) is 5.56 Å². The van der Waals surface area contributed by atoms with Gasteiger partial charge in [-0.15, -0.1) is 0 Å². The zero-order valence-corrected chi connectivity index (χ0v) is 14.9. The van der Waals surface area contributed by atoms with E-state index in [2.05, 4.69) is 21.2 Å². The molecule has 1 N–H and O–H groups in total. The number of carbonyl (C=O) groups is 1. The fourth-order valence-corrected chi connectivity index (χ4v) is 2.96. The SMILES string of the molecule is O=C(Nc1cccc(-c2cc3ccccc3oc2=O)c1)c1ccc(Br)o1. The Labute approximate surface area is 156 Å². The number of nitrogens with one attached hydrogen (secondary N) is 1. The van der Waals surface area contributed by atoms with E-state index >= 15 is 0 Å². The molecule has 0 aliphatic rings. The lowest BCUT2D eigenvalue weighted by molar-refractivity contribution is 0.0995. The Morgan fingerprint density at radius 1 is 0.923 bits per heavy atom. The highest BCUT2D eigenvalue weighted by atomic mass is 79.9. The maximum absolute atomic E-state index is 12.3. The number of furan rings is 1. The van der Waals surface area contributed by atoms with Gasteiger partial charge in [0.25, 0.3) is 5.91 Å². The van der Waals surface area contributed by atoms with Crippen LogP contribution in [0.5, 0.6) is 0 Å². The van der Waals surface area contributed by atoms with Crippen LogP contribution in [0.3, 0.4) is 0 Å².